The van der Waals surface area contributed by atoms with E-state index >= 15 is 0 Å². The third-order valence-corrected chi connectivity index (χ3v) is 6.77. The van der Waals surface area contributed by atoms with Gasteiger partial charge in [-0.1, -0.05) is 48.5 Å². The van der Waals surface area contributed by atoms with Crippen molar-refractivity contribution < 1.29 is 22.7 Å². The molecular formula is C25H29N3O5S. The van der Waals surface area contributed by atoms with Crippen molar-refractivity contribution in [2.24, 2.45) is 0 Å². The lowest BCUT2D eigenvalue weighted by Crippen LogP contribution is -2.50. The van der Waals surface area contributed by atoms with E-state index in [4.69, 9.17) is 4.74 Å². The van der Waals surface area contributed by atoms with Crippen molar-refractivity contribution in [3.8, 4) is 5.75 Å². The van der Waals surface area contributed by atoms with Gasteiger partial charge in [0.1, 0.15) is 18.3 Å². The van der Waals surface area contributed by atoms with E-state index in [-0.39, 0.29) is 12.5 Å². The van der Waals surface area contributed by atoms with Gasteiger partial charge >= 0.3 is 0 Å². The van der Waals surface area contributed by atoms with Crippen LogP contribution in [0.15, 0.2) is 66.7 Å². The Morgan fingerprint density at radius 3 is 2.26 bits per heavy atom. The van der Waals surface area contributed by atoms with Crippen LogP contribution in [-0.2, 0) is 26.2 Å². The van der Waals surface area contributed by atoms with Crippen molar-refractivity contribution in [2.75, 3.05) is 31.3 Å². The molecule has 0 fully saturated rings. The average Bonchev–Trinajstić information content (AvgIpc) is 2.84. The number of fused-ring (bicyclic) bond motifs is 1. The van der Waals surface area contributed by atoms with E-state index in [1.165, 1.54) is 11.9 Å². The Morgan fingerprint density at radius 1 is 1.00 bits per heavy atom. The summed E-state index contributed by atoms with van der Waals surface area (Å²) in [5.74, 6) is -0.177. The Kier molecular flexibility index (Phi) is 7.78. The zero-order chi connectivity index (χ0) is 24.9. The van der Waals surface area contributed by atoms with Gasteiger partial charge in [0.25, 0.3) is 0 Å². The lowest BCUT2D eigenvalue weighted by molar-refractivity contribution is -0.139. The third kappa shape index (κ3) is 5.66. The smallest absolute Gasteiger partial charge is 0.244 e. The molecule has 180 valence electrons. The van der Waals surface area contributed by atoms with Gasteiger partial charge in [0.15, 0.2) is 0 Å². The van der Waals surface area contributed by atoms with Crippen LogP contribution in [0, 0.1) is 0 Å². The summed E-state index contributed by atoms with van der Waals surface area (Å²) in [6.07, 6.45) is 1.07. The van der Waals surface area contributed by atoms with Gasteiger partial charge in [-0.3, -0.25) is 13.9 Å². The largest absolute Gasteiger partial charge is 0.497 e. The van der Waals surface area contributed by atoms with Crippen LogP contribution in [0.25, 0.3) is 10.8 Å². The van der Waals surface area contributed by atoms with Gasteiger partial charge in [0.05, 0.1) is 19.1 Å². The number of hydrogen-bond acceptors (Lipinski definition) is 5. The Labute approximate surface area is 200 Å². The summed E-state index contributed by atoms with van der Waals surface area (Å²) in [5.41, 5.74) is 1.19. The van der Waals surface area contributed by atoms with Crippen LogP contribution in [0.5, 0.6) is 5.75 Å². The minimum atomic E-state index is -3.80. The fourth-order valence-electron chi connectivity index (χ4n) is 3.74. The van der Waals surface area contributed by atoms with Crippen LogP contribution in [0.4, 0.5) is 5.69 Å². The molecule has 0 spiro atoms. The topological polar surface area (TPSA) is 96.0 Å². The second kappa shape index (κ2) is 10.6. The van der Waals surface area contributed by atoms with E-state index in [2.05, 4.69) is 5.32 Å². The van der Waals surface area contributed by atoms with Crippen molar-refractivity contribution in [3.05, 3.63) is 72.3 Å². The zero-order valence-electron chi connectivity index (χ0n) is 19.7. The van der Waals surface area contributed by atoms with Crippen molar-refractivity contribution in [2.45, 2.75) is 19.5 Å². The predicted molar refractivity (Wildman–Crippen MR) is 133 cm³/mol. The first-order valence-electron chi connectivity index (χ1n) is 10.7. The molecule has 2 amide bonds. The number of nitrogens with zero attached hydrogens (tertiary/aromatic N) is 2. The van der Waals surface area contributed by atoms with Crippen molar-refractivity contribution >= 4 is 38.3 Å². The number of carbonyl (C=O) groups excluding carboxylic acids is 2. The second-order valence-electron chi connectivity index (χ2n) is 7.93. The molecule has 1 atom stereocenters. The lowest BCUT2D eigenvalue weighted by atomic mass is 10.1. The third-order valence-electron chi connectivity index (χ3n) is 5.64. The van der Waals surface area contributed by atoms with Crippen LogP contribution < -0.4 is 14.4 Å². The van der Waals surface area contributed by atoms with Gasteiger partial charge in [-0.25, -0.2) is 8.42 Å². The van der Waals surface area contributed by atoms with Crippen LogP contribution in [0.2, 0.25) is 0 Å². The summed E-state index contributed by atoms with van der Waals surface area (Å²) in [6, 6.07) is 19.0. The number of methoxy groups -OCH3 is 1. The molecule has 0 aliphatic heterocycles. The molecule has 3 rings (SSSR count). The molecule has 8 nitrogen and oxygen atoms in total. The molecule has 9 heteroatoms. The first kappa shape index (κ1) is 25.0. The number of nitrogens with one attached hydrogen (secondary N) is 1. The highest BCUT2D eigenvalue weighted by molar-refractivity contribution is 7.92. The summed E-state index contributed by atoms with van der Waals surface area (Å²) in [7, 11) is -0.748. The fraction of sp³-hybridized carbons (Fsp3) is 0.280. The van der Waals surface area contributed by atoms with Gasteiger partial charge in [-0.15, -0.1) is 0 Å². The number of sulfonamides is 1. The highest BCUT2D eigenvalue weighted by atomic mass is 32.2. The molecule has 0 aromatic heterocycles. The number of amides is 2. The van der Waals surface area contributed by atoms with Crippen LogP contribution in [0.3, 0.4) is 0 Å². The lowest BCUT2D eigenvalue weighted by Gasteiger charge is -2.31. The van der Waals surface area contributed by atoms with Crippen molar-refractivity contribution in [1.82, 2.24) is 10.2 Å². The van der Waals surface area contributed by atoms with Crippen molar-refractivity contribution in [1.29, 1.82) is 0 Å². The highest BCUT2D eigenvalue weighted by Gasteiger charge is 2.30. The predicted octanol–water partition coefficient (Wildman–Crippen LogP) is 2.78. The minimum Gasteiger partial charge on any atom is -0.497 e. The maximum absolute atomic E-state index is 13.5. The molecule has 0 saturated heterocycles. The molecular weight excluding hydrogens is 454 g/mol. The van der Waals surface area contributed by atoms with Crippen LogP contribution >= 0.6 is 0 Å². The number of hydrogen-bond donors (Lipinski definition) is 1. The Balaban J connectivity index is 1.98. The van der Waals surface area contributed by atoms with E-state index in [9.17, 15) is 18.0 Å². The van der Waals surface area contributed by atoms with Crippen LogP contribution in [0.1, 0.15) is 12.5 Å². The fourth-order valence-corrected chi connectivity index (χ4v) is 4.60. The van der Waals surface area contributed by atoms with Crippen molar-refractivity contribution in [3.63, 3.8) is 0 Å². The standard InChI is InChI=1S/C25H29N3O5S/c1-18(25(30)26-2)27(16-19-12-14-21(33-3)15-13-19)24(29)17-28(34(4,31)32)23-11-7-9-20-8-5-6-10-22(20)23/h5-15,18H,16-17H2,1-4H3,(H,26,30). The number of benzene rings is 3. The highest BCUT2D eigenvalue weighted by Crippen LogP contribution is 2.28. The summed E-state index contributed by atoms with van der Waals surface area (Å²) in [5, 5.41) is 4.13. The Morgan fingerprint density at radius 2 is 1.65 bits per heavy atom. The molecule has 3 aromatic carbocycles. The number of rotatable bonds is 9. The molecule has 0 aliphatic rings. The van der Waals surface area contributed by atoms with Gasteiger partial charge in [-0.05, 0) is 36.1 Å². The monoisotopic (exact) mass is 483 g/mol. The molecule has 0 saturated carbocycles. The van der Waals surface area contributed by atoms with E-state index < -0.39 is 28.5 Å². The molecule has 34 heavy (non-hydrogen) atoms. The number of ether oxygens (including phenoxy) is 1. The molecule has 0 aliphatic carbocycles. The Bertz CT molecular complexity index is 1270. The molecule has 1 unspecified atom stereocenters. The normalized spacial score (nSPS) is 12.1. The molecule has 3 aromatic rings. The first-order valence-corrected chi connectivity index (χ1v) is 12.6. The van der Waals surface area contributed by atoms with E-state index in [1.807, 2.05) is 30.3 Å². The molecule has 0 bridgehead atoms. The first-order chi connectivity index (χ1) is 16.2. The van der Waals surface area contributed by atoms with E-state index in [0.29, 0.717) is 16.8 Å². The number of likely N-dealkylation sites (N-methyl/N-ethyl adjacent to an activating group) is 1. The maximum Gasteiger partial charge on any atom is 0.244 e. The summed E-state index contributed by atoms with van der Waals surface area (Å²) >= 11 is 0. The second-order valence-corrected chi connectivity index (χ2v) is 9.83. The SMILES string of the molecule is CNC(=O)C(C)N(Cc1ccc(OC)cc1)C(=O)CN(c1cccc2ccccc12)S(C)(=O)=O. The summed E-state index contributed by atoms with van der Waals surface area (Å²) < 4.78 is 31.8. The quantitative estimate of drug-likeness (QED) is 0.505. The van der Waals surface area contributed by atoms with Gasteiger partial charge in [-0.2, -0.15) is 0 Å². The Hall–Kier alpha value is -3.59. The number of anilines is 1. The maximum atomic E-state index is 13.5. The van der Waals surface area contributed by atoms with Gasteiger partial charge in [0, 0.05) is 19.0 Å². The van der Waals surface area contributed by atoms with E-state index in [1.54, 1.807) is 50.4 Å². The summed E-state index contributed by atoms with van der Waals surface area (Å²) in [6.45, 7) is 1.30. The minimum absolute atomic E-state index is 0.130. The van der Waals surface area contributed by atoms with Crippen LogP contribution in [-0.4, -0.2) is 58.1 Å². The molecule has 0 heterocycles. The average molecular weight is 484 g/mol. The zero-order valence-corrected chi connectivity index (χ0v) is 20.5. The van der Waals surface area contributed by atoms with E-state index in [0.717, 1.165) is 21.5 Å². The number of carbonyl (C=O) groups is 2. The van der Waals surface area contributed by atoms with Gasteiger partial charge in [0.2, 0.25) is 21.8 Å². The molecule has 1 N–H and O–H groups in total. The molecule has 0 radical (unpaired) electrons. The summed E-state index contributed by atoms with van der Waals surface area (Å²) in [4.78, 5) is 27.3. The van der Waals surface area contributed by atoms with Gasteiger partial charge < -0.3 is 15.0 Å².